The fraction of sp³-hybridized carbons (Fsp3) is 0.632. The highest BCUT2D eigenvalue weighted by molar-refractivity contribution is 6.62. The number of ether oxygens (including phenoxy) is 2. The second kappa shape index (κ2) is 9.77. The molecule has 4 nitrogen and oxygen atoms in total. The standard InChI is InChI=1S/C9H11B4NO.C8H10O2.C2H6/c1-14-3-2-5-4-8(10,11)7(15)9(12,13)6(5)14;1-9-7-5-3-4-6-8(7)10-2;1-2/h5-6H,2-4H2,1H3;3-6H,1-2H3;1-2H3. The number of rotatable bonds is 2. The van der Waals surface area contributed by atoms with E-state index >= 15 is 0 Å². The van der Waals surface area contributed by atoms with Crippen molar-refractivity contribution in [1.82, 2.24) is 4.90 Å². The summed E-state index contributed by atoms with van der Waals surface area (Å²) in [4.78, 5) is 14.0. The van der Waals surface area contributed by atoms with Crippen LogP contribution in [0.15, 0.2) is 24.3 Å². The molecule has 138 valence electrons. The molecule has 2 fully saturated rings. The number of para-hydroxylation sites is 2. The fourth-order valence-corrected chi connectivity index (χ4v) is 3.85. The molecule has 8 heteroatoms. The van der Waals surface area contributed by atoms with Crippen LogP contribution in [0, 0.1) is 5.92 Å². The Morgan fingerprint density at radius 3 is 1.96 bits per heavy atom. The number of hydrogen-bond acceptors (Lipinski definition) is 4. The first-order valence-corrected chi connectivity index (χ1v) is 9.22. The van der Waals surface area contributed by atoms with Gasteiger partial charge in [0.25, 0.3) is 0 Å². The number of nitrogens with zero attached hydrogens (tertiary/aromatic N) is 1. The van der Waals surface area contributed by atoms with Gasteiger partial charge in [-0.25, -0.2) is 0 Å². The van der Waals surface area contributed by atoms with Gasteiger partial charge in [0.1, 0.15) is 5.78 Å². The molecule has 1 heterocycles. The molecule has 1 aliphatic heterocycles. The van der Waals surface area contributed by atoms with Gasteiger partial charge in [-0.1, -0.05) is 32.4 Å². The van der Waals surface area contributed by atoms with Crippen molar-refractivity contribution < 1.29 is 14.3 Å². The quantitative estimate of drug-likeness (QED) is 0.755. The van der Waals surface area contributed by atoms with Crippen LogP contribution in [-0.2, 0) is 4.79 Å². The molecule has 2 unspecified atom stereocenters. The SMILES string of the molecule is CC.COc1ccccc1OC.[B]C1([B])CC2CCN(C)C2C([B])([B])C1=O. The van der Waals surface area contributed by atoms with Crippen LogP contribution in [0.2, 0.25) is 10.4 Å². The molecule has 0 bridgehead atoms. The summed E-state index contributed by atoms with van der Waals surface area (Å²) in [5.74, 6) is 1.32. The first kappa shape index (κ1) is 23.7. The summed E-state index contributed by atoms with van der Waals surface area (Å²) in [6.45, 7) is 4.88. The van der Waals surface area contributed by atoms with E-state index in [9.17, 15) is 4.79 Å². The average molecular weight is 361 g/mol. The Kier molecular flexibility index (Phi) is 8.59. The van der Waals surface area contributed by atoms with Gasteiger partial charge >= 0.3 is 0 Å². The number of carbonyl (C=O) groups is 1. The van der Waals surface area contributed by atoms with Gasteiger partial charge in [0.15, 0.2) is 11.5 Å². The number of ketones is 1. The van der Waals surface area contributed by atoms with Gasteiger partial charge in [-0.2, -0.15) is 0 Å². The van der Waals surface area contributed by atoms with E-state index < -0.39 is 16.2 Å². The molecule has 1 aliphatic carbocycles. The predicted octanol–water partition coefficient (Wildman–Crippen LogP) is 1.92. The minimum Gasteiger partial charge on any atom is -0.493 e. The molecule has 0 aromatic heterocycles. The van der Waals surface area contributed by atoms with Crippen molar-refractivity contribution in [2.45, 2.75) is 43.2 Å². The second-order valence-corrected chi connectivity index (χ2v) is 6.84. The second-order valence-electron chi connectivity index (χ2n) is 6.84. The molecule has 0 N–H and O–H groups in total. The number of carbonyl (C=O) groups excluding carboxylic acids is 1. The lowest BCUT2D eigenvalue weighted by atomic mass is 9.32. The number of methoxy groups -OCH3 is 2. The van der Waals surface area contributed by atoms with Crippen molar-refractivity contribution in [3.63, 3.8) is 0 Å². The number of benzene rings is 1. The number of hydrogen-bond donors (Lipinski definition) is 0. The summed E-state index contributed by atoms with van der Waals surface area (Å²) in [6, 6.07) is 7.39. The van der Waals surface area contributed by atoms with Gasteiger partial charge < -0.3 is 19.2 Å². The molecule has 2 aliphatic rings. The lowest BCUT2D eigenvalue weighted by Gasteiger charge is -2.50. The van der Waals surface area contributed by atoms with E-state index in [4.69, 9.17) is 40.9 Å². The fourth-order valence-electron chi connectivity index (χ4n) is 3.85. The third-order valence-electron chi connectivity index (χ3n) is 4.97. The summed E-state index contributed by atoms with van der Waals surface area (Å²) < 4.78 is 10.0. The van der Waals surface area contributed by atoms with Gasteiger partial charge in [-0.3, -0.25) is 0 Å². The van der Waals surface area contributed by atoms with E-state index in [-0.39, 0.29) is 12.0 Å². The molecular formula is C19H27B4NO3. The lowest BCUT2D eigenvalue weighted by Crippen LogP contribution is -2.55. The predicted molar refractivity (Wildman–Crippen MR) is 113 cm³/mol. The smallest absolute Gasteiger partial charge is 0.160 e. The van der Waals surface area contributed by atoms with E-state index in [1.807, 2.05) is 50.1 Å². The zero-order valence-electron chi connectivity index (χ0n) is 17.1. The van der Waals surface area contributed by atoms with Crippen LogP contribution in [0.25, 0.3) is 0 Å². The summed E-state index contributed by atoms with van der Waals surface area (Å²) in [7, 11) is 28.5. The summed E-state index contributed by atoms with van der Waals surface area (Å²) in [5.41, 5.74) is 0. The molecule has 8 radical (unpaired) electrons. The monoisotopic (exact) mass is 361 g/mol. The van der Waals surface area contributed by atoms with Crippen LogP contribution < -0.4 is 9.47 Å². The van der Waals surface area contributed by atoms with Crippen molar-refractivity contribution in [1.29, 1.82) is 0 Å². The molecule has 3 rings (SSSR count). The van der Waals surface area contributed by atoms with Crippen LogP contribution in [0.1, 0.15) is 26.7 Å². The van der Waals surface area contributed by atoms with Crippen molar-refractivity contribution in [3.8, 4) is 11.5 Å². The Hall–Kier alpha value is -1.29. The maximum Gasteiger partial charge on any atom is 0.160 e. The number of Topliss-reactive ketones (excluding diaryl/α,β-unsaturated/α-hetero) is 1. The maximum absolute atomic E-state index is 11.9. The topological polar surface area (TPSA) is 38.8 Å². The van der Waals surface area contributed by atoms with E-state index in [2.05, 4.69) is 0 Å². The van der Waals surface area contributed by atoms with E-state index in [0.29, 0.717) is 6.42 Å². The molecule has 1 saturated carbocycles. The Bertz CT molecular complexity index is 602. The van der Waals surface area contributed by atoms with Crippen molar-refractivity contribution in [2.75, 3.05) is 27.8 Å². The highest BCUT2D eigenvalue weighted by Gasteiger charge is 2.54. The molecule has 27 heavy (non-hydrogen) atoms. The minimum absolute atomic E-state index is 0.134. The number of fused-ring (bicyclic) bond motifs is 1. The minimum atomic E-state index is -1.42. The van der Waals surface area contributed by atoms with Gasteiger partial charge in [-0.05, 0) is 48.5 Å². The third-order valence-corrected chi connectivity index (χ3v) is 4.97. The van der Waals surface area contributed by atoms with Crippen LogP contribution in [0.4, 0.5) is 0 Å². The highest BCUT2D eigenvalue weighted by Crippen LogP contribution is 2.52. The average Bonchev–Trinajstić information content (AvgIpc) is 3.02. The van der Waals surface area contributed by atoms with Crippen molar-refractivity contribution in [2.24, 2.45) is 5.92 Å². The Morgan fingerprint density at radius 2 is 1.52 bits per heavy atom. The normalized spacial score (nSPS) is 25.1. The zero-order valence-corrected chi connectivity index (χ0v) is 17.1. The first-order chi connectivity index (χ1) is 12.6. The molecule has 0 amide bonds. The molecule has 1 aromatic rings. The van der Waals surface area contributed by atoms with E-state index in [1.54, 1.807) is 14.2 Å². The summed E-state index contributed by atoms with van der Waals surface area (Å²) in [5, 5.41) is -2.78. The van der Waals surface area contributed by atoms with Gasteiger partial charge in [-0.15, -0.1) is 0 Å². The molecular weight excluding hydrogens is 333 g/mol. The molecule has 2 atom stereocenters. The molecule has 1 aromatic carbocycles. The lowest BCUT2D eigenvalue weighted by molar-refractivity contribution is -0.124. The summed E-state index contributed by atoms with van der Waals surface area (Å²) in [6.07, 6.45) is 1.41. The van der Waals surface area contributed by atoms with Crippen LogP contribution in [0.5, 0.6) is 11.5 Å². The van der Waals surface area contributed by atoms with E-state index in [1.165, 1.54) is 0 Å². The highest BCUT2D eigenvalue weighted by atomic mass is 16.5. The van der Waals surface area contributed by atoms with Gasteiger partial charge in [0.05, 0.1) is 45.6 Å². The zero-order chi connectivity index (χ0) is 20.8. The van der Waals surface area contributed by atoms with Crippen molar-refractivity contribution >= 4 is 37.2 Å². The van der Waals surface area contributed by atoms with Crippen LogP contribution >= 0.6 is 0 Å². The maximum atomic E-state index is 11.9. The van der Waals surface area contributed by atoms with Crippen LogP contribution in [-0.4, -0.2) is 75.9 Å². The molecule has 0 spiro atoms. The first-order valence-electron chi connectivity index (χ1n) is 9.22. The Balaban J connectivity index is 0.000000265. The third kappa shape index (κ3) is 5.16. The van der Waals surface area contributed by atoms with Crippen molar-refractivity contribution in [3.05, 3.63) is 24.3 Å². The number of likely N-dealkylation sites (tertiary alicyclic amines) is 1. The largest absolute Gasteiger partial charge is 0.493 e. The Labute approximate surface area is 169 Å². The van der Waals surface area contributed by atoms with Crippen LogP contribution in [0.3, 0.4) is 0 Å². The van der Waals surface area contributed by atoms with Gasteiger partial charge in [0.2, 0.25) is 0 Å². The molecule has 1 saturated heterocycles. The summed E-state index contributed by atoms with van der Waals surface area (Å²) >= 11 is 0. The van der Waals surface area contributed by atoms with Gasteiger partial charge in [0, 0.05) is 6.04 Å². The van der Waals surface area contributed by atoms with E-state index in [0.717, 1.165) is 24.5 Å². The Morgan fingerprint density at radius 1 is 1.04 bits per heavy atom.